The summed E-state index contributed by atoms with van der Waals surface area (Å²) in [5.74, 6) is 8.81. The Bertz CT molecular complexity index is 4110. The first kappa shape index (κ1) is 79.3. The molecule has 8 saturated heterocycles. The Morgan fingerprint density at radius 3 is 1.24 bits per heavy atom. The van der Waals surface area contributed by atoms with Gasteiger partial charge in [-0.15, -0.1) is 24.7 Å². The molecule has 10 amide bonds. The summed E-state index contributed by atoms with van der Waals surface area (Å²) in [7, 11) is -4.75. The van der Waals surface area contributed by atoms with Crippen molar-refractivity contribution in [3.63, 3.8) is 0 Å². The first-order valence-corrected chi connectivity index (χ1v) is 38.8. The second kappa shape index (κ2) is 34.8. The second-order valence-electron chi connectivity index (χ2n) is 30.5. The number of fused-ring (bicyclic) bond motifs is 8. The highest BCUT2D eigenvalue weighted by molar-refractivity contribution is 7.80. The lowest BCUT2D eigenvalue weighted by Crippen LogP contribution is -2.51. The van der Waals surface area contributed by atoms with E-state index in [1.54, 1.807) is 4.90 Å². The number of hydrazine groups is 1. The van der Waals surface area contributed by atoms with Gasteiger partial charge >= 0.3 is 40.5 Å². The fourth-order valence-electron chi connectivity index (χ4n) is 16.3. The summed E-state index contributed by atoms with van der Waals surface area (Å²) >= 11 is 0. The number of carboxylic acids is 1. The van der Waals surface area contributed by atoms with Crippen LogP contribution in [0.1, 0.15) is 195 Å². The highest BCUT2D eigenvalue weighted by Gasteiger charge is 2.53. The van der Waals surface area contributed by atoms with E-state index in [9.17, 15) is 46.8 Å². The van der Waals surface area contributed by atoms with Gasteiger partial charge in [0.05, 0.1) is 36.6 Å². The topological polar surface area (TPSA) is 428 Å². The van der Waals surface area contributed by atoms with E-state index in [-0.39, 0.29) is 104 Å². The van der Waals surface area contributed by atoms with Crippen LogP contribution in [0.5, 0.6) is 0 Å². The standard InChI is InChI=1S/C21H27N3O4.C20H24N4O3.C14H18N4O3.C12H17N5O6S.C6H10O2.CH4/c1-14-9-16(10-14)19(25)11-22-20(26)18-8-7-17-12-23(18)21(27)24(17)28-13-15-5-3-2-4-6-15;1-13-9-15(10-13)18-21-22-19(27-18)17-8-7-16-11-23(17)20(25)24(16)26-12-14-5-3-2-4-6-14;15-16-13(19)12-7-6-11-8-17(12)14(20)18(11)21-9-10-4-2-1-3-5-10;13-7-3-6(4-7)10-14-15-11(22-10)9-2-1-8-5-16(9)12(18)17(8)23-24(19,20)21;1-4-2-5(3-4)6(7)8;/h2-6,14,16-18H,7-13H2,1H3,(H,22,26);2-6,13,15-17H,7-12H2,1H3;1-5,11-12H,6-9,15H2,(H,16,19);6-9H,1-5,13H2,(H,19,20,21);4-5H,2-3H2,1H3,(H,7,8);1H4/t14?,16?,17-,18+;13?,15?,16-,17+;11-,12+;6?,7?,8-,9+;;/m1111../s1. The molecule has 3 aromatic carbocycles. The number of nitrogens with zero attached hydrogens (tertiary/aromatic N) is 12. The molecule has 109 heavy (non-hydrogen) atoms. The summed E-state index contributed by atoms with van der Waals surface area (Å²) in [4.78, 5) is 120. The van der Waals surface area contributed by atoms with Crippen LogP contribution in [0.4, 0.5) is 19.2 Å². The normalized spacial score (nSPS) is 29.4. The molecule has 4 saturated carbocycles. The molecule has 0 spiro atoms. The number of carboxylic acid groups (broad SMARTS) is 1. The lowest BCUT2D eigenvalue weighted by atomic mass is 9.74. The van der Waals surface area contributed by atoms with Gasteiger partial charge in [-0.2, -0.15) is 28.7 Å². The van der Waals surface area contributed by atoms with Crippen molar-refractivity contribution < 1.29 is 84.1 Å². The van der Waals surface area contributed by atoms with Gasteiger partial charge in [-0.05, 0) is 137 Å². The molecular formula is C74H100N16O18S. The van der Waals surface area contributed by atoms with Gasteiger partial charge < -0.3 is 44.6 Å². The first-order chi connectivity index (χ1) is 51.9. The molecule has 8 bridgehead atoms. The molecule has 12 aliphatic rings. The Labute approximate surface area is 632 Å². The highest BCUT2D eigenvalue weighted by Crippen LogP contribution is 2.45. The summed E-state index contributed by atoms with van der Waals surface area (Å²) < 4.78 is 46.6. The quantitative estimate of drug-likeness (QED) is 0.0176. The van der Waals surface area contributed by atoms with E-state index in [1.807, 2.05) is 95.9 Å². The maximum absolute atomic E-state index is 12.9. The molecule has 10 heterocycles. The third kappa shape index (κ3) is 18.5. The number of nitrogens with two attached hydrogens (primary N) is 2. The molecule has 590 valence electrons. The smallest absolute Gasteiger partial charge is 0.418 e. The molecule has 8 N–H and O–H groups in total. The summed E-state index contributed by atoms with van der Waals surface area (Å²) in [6.07, 6.45) is 12.8. The van der Waals surface area contributed by atoms with Gasteiger partial charge in [0.15, 0.2) is 5.78 Å². The number of hydrogen-bond acceptors (Lipinski definition) is 22. The minimum Gasteiger partial charge on any atom is -0.481 e. The highest BCUT2D eigenvalue weighted by atomic mass is 32.3. The Balaban J connectivity index is 0.000000131. The summed E-state index contributed by atoms with van der Waals surface area (Å²) in [6, 6.07) is 26.2. The minimum atomic E-state index is -4.75. The SMILES string of the molecule is C.CC1CC(C(=O)CNC(=O)[C@@H]2CC[C@@H]3CN2C(=O)N3OCc2ccccc2)C1.CC1CC(C(=O)O)C1.CC1CC(c2nnc([C@@H]3CC[C@@H]4CN3C(=O)N4OCc3ccccc3)o2)C1.NC1CC(c2nnc([C@@H]3CC[C@@H]4CN3C(=O)N4OS(=O)(=O)O)o2)C1.NNC(=O)[C@@H]1CC[C@@H]2CN1C(=O)N2OCc1ccccc1. The molecule has 34 nitrogen and oxygen atoms in total. The fraction of sp³-hybridized carbons (Fsp3) is 0.595. The van der Waals surface area contributed by atoms with Gasteiger partial charge in [-0.3, -0.25) is 43.7 Å². The molecule has 4 aliphatic carbocycles. The molecule has 2 aromatic heterocycles. The number of aliphatic carboxylic acids is 1. The Hall–Kier alpha value is -9.23. The van der Waals surface area contributed by atoms with E-state index < -0.39 is 46.6 Å². The number of rotatable bonds is 21. The lowest BCUT2D eigenvalue weighted by Gasteiger charge is -2.32. The molecule has 8 aliphatic heterocycles. The number of Topliss-reactive ketones (excluding diaryl/α,β-unsaturated/α-hetero) is 1. The maximum atomic E-state index is 12.9. The van der Waals surface area contributed by atoms with E-state index in [4.69, 9.17) is 44.6 Å². The molecule has 0 unspecified atom stereocenters. The van der Waals surface area contributed by atoms with E-state index in [0.717, 1.165) is 99.1 Å². The number of benzene rings is 3. The monoisotopic (exact) mass is 1530 g/mol. The van der Waals surface area contributed by atoms with Crippen molar-refractivity contribution in [1.29, 1.82) is 0 Å². The third-order valence-corrected chi connectivity index (χ3v) is 22.9. The summed E-state index contributed by atoms with van der Waals surface area (Å²) in [5.41, 5.74) is 10.9. The van der Waals surface area contributed by atoms with Gasteiger partial charge in [0.2, 0.25) is 29.5 Å². The second-order valence-corrected chi connectivity index (χ2v) is 31.6. The van der Waals surface area contributed by atoms with E-state index in [2.05, 4.69) is 56.2 Å². The molecule has 17 rings (SSSR count). The average molecular weight is 1530 g/mol. The van der Waals surface area contributed by atoms with Crippen LogP contribution < -0.4 is 22.3 Å². The van der Waals surface area contributed by atoms with Gasteiger partial charge in [0.1, 0.15) is 44.0 Å². The predicted molar refractivity (Wildman–Crippen MR) is 385 cm³/mol. The van der Waals surface area contributed by atoms with Crippen molar-refractivity contribution in [2.45, 2.75) is 217 Å². The first-order valence-electron chi connectivity index (χ1n) is 37.5. The largest absolute Gasteiger partial charge is 0.481 e. The number of hydroxylamine groups is 8. The van der Waals surface area contributed by atoms with Crippen molar-refractivity contribution in [2.75, 3.05) is 32.7 Å². The third-order valence-electron chi connectivity index (χ3n) is 22.6. The van der Waals surface area contributed by atoms with Crippen LogP contribution in [0, 0.1) is 29.6 Å². The van der Waals surface area contributed by atoms with Crippen molar-refractivity contribution in [3.05, 3.63) is 131 Å². The van der Waals surface area contributed by atoms with Crippen LogP contribution >= 0.6 is 0 Å². The summed E-state index contributed by atoms with van der Waals surface area (Å²) in [6.45, 7) is 9.48. The Morgan fingerprint density at radius 2 is 0.853 bits per heavy atom. The van der Waals surface area contributed by atoms with E-state index in [0.29, 0.717) is 112 Å². The number of nitrogens with one attached hydrogen (secondary N) is 2. The van der Waals surface area contributed by atoms with E-state index >= 15 is 0 Å². The predicted octanol–water partition coefficient (Wildman–Crippen LogP) is 7.85. The van der Waals surface area contributed by atoms with Crippen molar-refractivity contribution in [3.8, 4) is 0 Å². The minimum absolute atomic E-state index is 0. The number of hydrogen-bond donors (Lipinski definition) is 6. The van der Waals surface area contributed by atoms with Crippen molar-refractivity contribution in [1.82, 2.24) is 71.0 Å². The zero-order chi connectivity index (χ0) is 76.1. The number of amides is 10. The van der Waals surface area contributed by atoms with Crippen LogP contribution in [0.2, 0.25) is 0 Å². The Morgan fingerprint density at radius 1 is 0.495 bits per heavy atom. The number of piperidine rings is 4. The maximum Gasteiger partial charge on any atom is 0.418 e. The zero-order valence-electron chi connectivity index (χ0n) is 60.7. The molecule has 5 aromatic rings. The van der Waals surface area contributed by atoms with E-state index in [1.165, 1.54) is 25.0 Å². The van der Waals surface area contributed by atoms with Crippen LogP contribution in [-0.2, 0) is 68.2 Å². The van der Waals surface area contributed by atoms with Crippen molar-refractivity contribution >= 4 is 58.1 Å². The van der Waals surface area contributed by atoms with Gasteiger partial charge in [-0.1, -0.05) is 119 Å². The average Bonchev–Trinajstić information content (AvgIpc) is 1.64. The summed E-state index contributed by atoms with van der Waals surface area (Å²) in [5, 5.41) is 32.8. The number of carbonyl (C=O) groups excluding carboxylic acids is 7. The lowest BCUT2D eigenvalue weighted by molar-refractivity contribution is -0.146. The molecule has 0 radical (unpaired) electrons. The van der Waals surface area contributed by atoms with Gasteiger partial charge in [0.25, 0.3) is 5.91 Å². The fourth-order valence-corrected chi connectivity index (χ4v) is 16.7. The van der Waals surface area contributed by atoms with Crippen molar-refractivity contribution in [2.24, 2.45) is 41.2 Å². The molecule has 12 fully saturated rings. The Kier molecular flexibility index (Phi) is 25.3. The number of carbonyl (C=O) groups is 8. The van der Waals surface area contributed by atoms with Gasteiger partial charge in [-0.25, -0.2) is 25.0 Å². The van der Waals surface area contributed by atoms with Crippen LogP contribution in [0.25, 0.3) is 0 Å². The molecular weight excluding hydrogens is 1430 g/mol. The number of aromatic nitrogens is 4. The zero-order valence-corrected chi connectivity index (χ0v) is 61.5. The van der Waals surface area contributed by atoms with Crippen LogP contribution in [-0.4, -0.2) is 201 Å². The number of ketones is 1. The number of urea groups is 4. The van der Waals surface area contributed by atoms with Crippen LogP contribution in [0.3, 0.4) is 0 Å². The molecule has 35 heteroatoms. The van der Waals surface area contributed by atoms with Gasteiger partial charge in [0, 0.05) is 50.0 Å². The van der Waals surface area contributed by atoms with Crippen LogP contribution in [0.15, 0.2) is 99.8 Å². The molecule has 8 atom stereocenters.